The van der Waals surface area contributed by atoms with Crippen LogP contribution in [0.1, 0.15) is 41.0 Å². The lowest BCUT2D eigenvalue weighted by Gasteiger charge is -2.43. The lowest BCUT2D eigenvalue weighted by atomic mass is 9.86. The number of aliphatic hydroxyl groups excluding tert-OH is 1. The summed E-state index contributed by atoms with van der Waals surface area (Å²) in [4.78, 5) is 16.6. The highest BCUT2D eigenvalue weighted by atomic mass is 16.3. The van der Waals surface area contributed by atoms with Gasteiger partial charge in [0.1, 0.15) is 0 Å². The number of hydrogen-bond donors (Lipinski definition) is 2. The fourth-order valence-electron chi connectivity index (χ4n) is 2.63. The van der Waals surface area contributed by atoms with Gasteiger partial charge in [-0.15, -0.1) is 0 Å². The number of rotatable bonds is 4. The molecular weight excluding hydrogens is 254 g/mol. The number of carbonyl (C=O) groups excluding carboxylic acids is 1. The van der Waals surface area contributed by atoms with E-state index in [1.807, 2.05) is 25.7 Å². The molecule has 5 heteroatoms. The third-order valence-electron chi connectivity index (χ3n) is 4.09. The van der Waals surface area contributed by atoms with Crippen LogP contribution in [-0.4, -0.2) is 65.2 Å². The van der Waals surface area contributed by atoms with Crippen molar-refractivity contribution in [3.63, 3.8) is 0 Å². The molecule has 1 rings (SSSR count). The summed E-state index contributed by atoms with van der Waals surface area (Å²) in [7, 11) is 0. The van der Waals surface area contributed by atoms with Crippen molar-refractivity contribution in [2.24, 2.45) is 11.1 Å². The normalized spacial score (nSPS) is 24.6. The lowest BCUT2D eigenvalue weighted by Crippen LogP contribution is -2.60. The van der Waals surface area contributed by atoms with Crippen LogP contribution in [-0.2, 0) is 4.79 Å². The van der Waals surface area contributed by atoms with Crippen LogP contribution in [0.2, 0.25) is 0 Å². The van der Waals surface area contributed by atoms with Crippen LogP contribution in [0.4, 0.5) is 0 Å². The average Bonchev–Trinajstić information content (AvgIpc) is 2.35. The minimum Gasteiger partial charge on any atom is -0.392 e. The number of aliphatic hydroxyl groups is 1. The molecule has 3 N–H and O–H groups in total. The molecule has 5 nitrogen and oxygen atoms in total. The number of β-amino-alcohol motifs (C(OH)–C–C–N with tert-alkyl or cyclic N) is 1. The van der Waals surface area contributed by atoms with Gasteiger partial charge in [0.2, 0.25) is 5.91 Å². The molecule has 0 radical (unpaired) electrons. The molecule has 0 bridgehead atoms. The third-order valence-corrected chi connectivity index (χ3v) is 4.09. The second-order valence-electron chi connectivity index (χ2n) is 7.03. The molecule has 20 heavy (non-hydrogen) atoms. The van der Waals surface area contributed by atoms with Gasteiger partial charge in [-0.3, -0.25) is 9.69 Å². The van der Waals surface area contributed by atoms with Gasteiger partial charge >= 0.3 is 0 Å². The van der Waals surface area contributed by atoms with Crippen molar-refractivity contribution in [3.8, 4) is 0 Å². The quantitative estimate of drug-likeness (QED) is 0.796. The molecule has 0 aromatic rings. The van der Waals surface area contributed by atoms with Crippen LogP contribution in [0.25, 0.3) is 0 Å². The maximum Gasteiger partial charge on any atom is 0.240 e. The molecule has 0 saturated carbocycles. The Bertz CT molecular complexity index is 326. The maximum atomic E-state index is 12.5. The summed E-state index contributed by atoms with van der Waals surface area (Å²) in [6.45, 7) is 12.8. The highest BCUT2D eigenvalue weighted by Gasteiger charge is 2.35. The lowest BCUT2D eigenvalue weighted by molar-refractivity contribution is -0.138. The molecule has 2 unspecified atom stereocenters. The zero-order chi connectivity index (χ0) is 15.5. The Labute approximate surface area is 123 Å². The molecule has 0 aromatic heterocycles. The first kappa shape index (κ1) is 17.4. The van der Waals surface area contributed by atoms with E-state index in [4.69, 9.17) is 5.73 Å². The smallest absolute Gasteiger partial charge is 0.240 e. The first-order valence-corrected chi connectivity index (χ1v) is 7.63. The van der Waals surface area contributed by atoms with Gasteiger partial charge in [-0.05, 0) is 18.8 Å². The van der Waals surface area contributed by atoms with Crippen molar-refractivity contribution in [2.45, 2.75) is 59.2 Å². The Balaban J connectivity index is 2.66. The summed E-state index contributed by atoms with van der Waals surface area (Å²) in [5, 5.41) is 9.55. The largest absolute Gasteiger partial charge is 0.392 e. The SMILES string of the molecule is CCC1CN(C(=O)[C@@H](N)C(C)(C)C)CCN1CC(C)O. The van der Waals surface area contributed by atoms with E-state index >= 15 is 0 Å². The van der Waals surface area contributed by atoms with E-state index in [2.05, 4.69) is 11.8 Å². The molecule has 0 spiro atoms. The number of amides is 1. The fraction of sp³-hybridized carbons (Fsp3) is 0.933. The molecule has 3 atom stereocenters. The zero-order valence-electron chi connectivity index (χ0n) is 13.6. The van der Waals surface area contributed by atoms with E-state index in [-0.39, 0.29) is 17.4 Å². The standard InChI is InChI=1S/C15H31N3O2/c1-6-12-10-18(8-7-17(12)9-11(2)19)14(20)13(16)15(3,4)5/h11-13,19H,6-10,16H2,1-5H3/t11?,12?,13-/m1/s1. The second-order valence-corrected chi connectivity index (χ2v) is 7.03. The summed E-state index contributed by atoms with van der Waals surface area (Å²) in [5.74, 6) is 0.0487. The number of hydrogen-bond acceptors (Lipinski definition) is 4. The number of nitrogens with two attached hydrogens (primary N) is 1. The molecule has 1 amide bonds. The van der Waals surface area contributed by atoms with Gasteiger partial charge < -0.3 is 15.7 Å². The van der Waals surface area contributed by atoms with E-state index < -0.39 is 6.04 Å². The number of carbonyl (C=O) groups is 1. The minimum atomic E-state index is -0.455. The van der Waals surface area contributed by atoms with Crippen molar-refractivity contribution >= 4 is 5.91 Å². The highest BCUT2D eigenvalue weighted by molar-refractivity contribution is 5.82. The van der Waals surface area contributed by atoms with Crippen molar-refractivity contribution in [2.75, 3.05) is 26.2 Å². The van der Waals surface area contributed by atoms with E-state index in [9.17, 15) is 9.90 Å². The molecule has 0 aliphatic carbocycles. The van der Waals surface area contributed by atoms with Crippen LogP contribution >= 0.6 is 0 Å². The summed E-state index contributed by atoms with van der Waals surface area (Å²) in [5.41, 5.74) is 5.87. The summed E-state index contributed by atoms with van der Waals surface area (Å²) in [6.07, 6.45) is 0.643. The monoisotopic (exact) mass is 285 g/mol. The Morgan fingerprint density at radius 3 is 2.45 bits per heavy atom. The highest BCUT2D eigenvalue weighted by Crippen LogP contribution is 2.21. The number of piperazine rings is 1. The van der Waals surface area contributed by atoms with Crippen molar-refractivity contribution in [3.05, 3.63) is 0 Å². The van der Waals surface area contributed by atoms with Crippen molar-refractivity contribution in [1.29, 1.82) is 0 Å². The fourth-order valence-corrected chi connectivity index (χ4v) is 2.63. The molecule has 0 aromatic carbocycles. The Hall–Kier alpha value is -0.650. The van der Waals surface area contributed by atoms with E-state index in [1.54, 1.807) is 6.92 Å². The molecular formula is C15H31N3O2. The van der Waals surface area contributed by atoms with Gasteiger partial charge in [-0.25, -0.2) is 0 Å². The van der Waals surface area contributed by atoms with Crippen molar-refractivity contribution in [1.82, 2.24) is 9.80 Å². The Morgan fingerprint density at radius 1 is 1.40 bits per heavy atom. The summed E-state index contributed by atoms with van der Waals surface area (Å²) >= 11 is 0. The van der Waals surface area contributed by atoms with Crippen LogP contribution in [0, 0.1) is 5.41 Å². The van der Waals surface area contributed by atoms with E-state index in [0.29, 0.717) is 25.7 Å². The third kappa shape index (κ3) is 4.43. The molecule has 1 heterocycles. The molecule has 118 valence electrons. The Morgan fingerprint density at radius 2 is 2.00 bits per heavy atom. The second kappa shape index (κ2) is 6.87. The van der Waals surface area contributed by atoms with Crippen LogP contribution in [0.15, 0.2) is 0 Å². The van der Waals surface area contributed by atoms with Crippen molar-refractivity contribution < 1.29 is 9.90 Å². The van der Waals surface area contributed by atoms with Gasteiger partial charge in [-0.1, -0.05) is 27.7 Å². The van der Waals surface area contributed by atoms with E-state index in [1.165, 1.54) is 0 Å². The predicted octanol–water partition coefficient (Wildman–Crippen LogP) is 0.663. The molecule has 1 saturated heterocycles. The average molecular weight is 285 g/mol. The number of nitrogens with zero attached hydrogens (tertiary/aromatic N) is 2. The summed E-state index contributed by atoms with van der Waals surface area (Å²) < 4.78 is 0. The zero-order valence-corrected chi connectivity index (χ0v) is 13.6. The van der Waals surface area contributed by atoms with Crippen LogP contribution in [0.5, 0.6) is 0 Å². The predicted molar refractivity (Wildman–Crippen MR) is 81.3 cm³/mol. The van der Waals surface area contributed by atoms with Gasteiger partial charge in [0.25, 0.3) is 0 Å². The molecule has 1 aliphatic heterocycles. The first-order valence-electron chi connectivity index (χ1n) is 7.63. The Kier molecular flexibility index (Phi) is 5.98. The van der Waals surface area contributed by atoms with Gasteiger partial charge in [0, 0.05) is 32.2 Å². The molecule has 1 fully saturated rings. The topological polar surface area (TPSA) is 69.8 Å². The first-order chi connectivity index (χ1) is 9.16. The van der Waals surface area contributed by atoms with Crippen LogP contribution in [0.3, 0.4) is 0 Å². The molecule has 1 aliphatic rings. The van der Waals surface area contributed by atoms with Gasteiger partial charge in [-0.2, -0.15) is 0 Å². The van der Waals surface area contributed by atoms with Crippen LogP contribution < -0.4 is 5.73 Å². The van der Waals surface area contributed by atoms with E-state index in [0.717, 1.165) is 13.0 Å². The van der Waals surface area contributed by atoms with Gasteiger partial charge in [0.15, 0.2) is 0 Å². The maximum absolute atomic E-state index is 12.5. The van der Waals surface area contributed by atoms with Gasteiger partial charge in [0.05, 0.1) is 12.1 Å². The summed E-state index contributed by atoms with van der Waals surface area (Å²) in [6, 6.07) is -0.141. The minimum absolute atomic E-state index is 0.0487.